The second-order valence-electron chi connectivity index (χ2n) is 4.25. The number of nitrogens with one attached hydrogen (secondary N) is 1. The number of amides is 1. The number of rotatable bonds is 4. The number of aromatic nitrogens is 2. The van der Waals surface area contributed by atoms with Crippen LogP contribution in [0.4, 0.5) is 0 Å². The van der Waals surface area contributed by atoms with Crippen LogP contribution in [0.3, 0.4) is 0 Å². The largest absolute Gasteiger partial charge is 0.355 e. The van der Waals surface area contributed by atoms with Gasteiger partial charge in [-0.25, -0.2) is 0 Å². The molecule has 1 aromatic heterocycles. The molecule has 16 heavy (non-hydrogen) atoms. The minimum absolute atomic E-state index is 0.178. The molecule has 0 aliphatic heterocycles. The average Bonchev–Trinajstić information content (AvgIpc) is 2.89. The SMILES string of the molecule is Cc1nc(CCNC(=O)C2CCCC2)no1. The second-order valence-corrected chi connectivity index (χ2v) is 4.25. The van der Waals surface area contributed by atoms with Crippen molar-refractivity contribution < 1.29 is 9.32 Å². The first kappa shape index (κ1) is 11.1. The van der Waals surface area contributed by atoms with E-state index in [9.17, 15) is 4.79 Å². The fraction of sp³-hybridized carbons (Fsp3) is 0.727. The highest BCUT2D eigenvalue weighted by Gasteiger charge is 2.22. The third kappa shape index (κ3) is 2.81. The summed E-state index contributed by atoms with van der Waals surface area (Å²) in [6.45, 7) is 2.35. The Balaban J connectivity index is 1.69. The highest BCUT2D eigenvalue weighted by Crippen LogP contribution is 2.24. The summed E-state index contributed by atoms with van der Waals surface area (Å²) in [5, 5.41) is 6.69. The van der Waals surface area contributed by atoms with Gasteiger partial charge in [-0.1, -0.05) is 18.0 Å². The number of aryl methyl sites for hydroxylation is 1. The molecule has 1 heterocycles. The van der Waals surface area contributed by atoms with Crippen molar-refractivity contribution in [1.29, 1.82) is 0 Å². The fourth-order valence-electron chi connectivity index (χ4n) is 2.07. The van der Waals surface area contributed by atoms with E-state index in [-0.39, 0.29) is 11.8 Å². The zero-order chi connectivity index (χ0) is 11.4. The first-order valence-electron chi connectivity index (χ1n) is 5.82. The van der Waals surface area contributed by atoms with E-state index in [0.717, 1.165) is 12.8 Å². The summed E-state index contributed by atoms with van der Waals surface area (Å²) in [6.07, 6.45) is 5.07. The minimum atomic E-state index is 0.178. The van der Waals surface area contributed by atoms with Gasteiger partial charge in [0.2, 0.25) is 11.8 Å². The van der Waals surface area contributed by atoms with Crippen LogP contribution in [0.2, 0.25) is 0 Å². The van der Waals surface area contributed by atoms with Gasteiger partial charge in [-0.3, -0.25) is 4.79 Å². The zero-order valence-electron chi connectivity index (χ0n) is 9.53. The molecule has 1 aliphatic carbocycles. The van der Waals surface area contributed by atoms with Crippen molar-refractivity contribution in [3.8, 4) is 0 Å². The molecule has 1 aromatic rings. The van der Waals surface area contributed by atoms with Crippen LogP contribution in [-0.2, 0) is 11.2 Å². The molecule has 1 N–H and O–H groups in total. The highest BCUT2D eigenvalue weighted by atomic mass is 16.5. The van der Waals surface area contributed by atoms with Crippen LogP contribution in [0.15, 0.2) is 4.52 Å². The quantitative estimate of drug-likeness (QED) is 0.833. The summed E-state index contributed by atoms with van der Waals surface area (Å²) >= 11 is 0. The molecule has 0 aromatic carbocycles. The molecule has 0 radical (unpaired) electrons. The lowest BCUT2D eigenvalue weighted by atomic mass is 10.1. The van der Waals surface area contributed by atoms with E-state index in [2.05, 4.69) is 15.5 Å². The average molecular weight is 223 g/mol. The lowest BCUT2D eigenvalue weighted by Gasteiger charge is -2.08. The molecular formula is C11H17N3O2. The summed E-state index contributed by atoms with van der Waals surface area (Å²) in [4.78, 5) is 15.7. The highest BCUT2D eigenvalue weighted by molar-refractivity contribution is 5.78. The predicted octanol–water partition coefficient (Wildman–Crippen LogP) is 1.23. The summed E-state index contributed by atoms with van der Waals surface area (Å²) in [7, 11) is 0. The van der Waals surface area contributed by atoms with Gasteiger partial charge in [0.1, 0.15) is 0 Å². The smallest absolute Gasteiger partial charge is 0.223 e. The Morgan fingerprint density at radius 1 is 1.50 bits per heavy atom. The minimum Gasteiger partial charge on any atom is -0.355 e. The molecule has 1 saturated carbocycles. The van der Waals surface area contributed by atoms with Crippen LogP contribution in [0.5, 0.6) is 0 Å². The molecule has 88 valence electrons. The van der Waals surface area contributed by atoms with Gasteiger partial charge in [-0.15, -0.1) is 0 Å². The van der Waals surface area contributed by atoms with Crippen molar-refractivity contribution >= 4 is 5.91 Å². The normalized spacial score (nSPS) is 16.6. The Hall–Kier alpha value is -1.39. The van der Waals surface area contributed by atoms with Crippen molar-refractivity contribution in [2.45, 2.75) is 39.0 Å². The van der Waals surface area contributed by atoms with Gasteiger partial charge in [0.15, 0.2) is 5.82 Å². The van der Waals surface area contributed by atoms with Gasteiger partial charge >= 0.3 is 0 Å². The summed E-state index contributed by atoms with van der Waals surface area (Å²) < 4.78 is 4.85. The zero-order valence-corrected chi connectivity index (χ0v) is 9.53. The van der Waals surface area contributed by atoms with E-state index in [1.54, 1.807) is 6.92 Å². The molecule has 1 aliphatic rings. The molecule has 2 rings (SSSR count). The van der Waals surface area contributed by atoms with Crippen molar-refractivity contribution in [3.63, 3.8) is 0 Å². The first-order valence-corrected chi connectivity index (χ1v) is 5.82. The summed E-state index contributed by atoms with van der Waals surface area (Å²) in [6, 6.07) is 0. The van der Waals surface area contributed by atoms with Gasteiger partial charge in [-0.05, 0) is 12.8 Å². The number of carbonyl (C=O) groups is 1. The molecule has 0 spiro atoms. The van der Waals surface area contributed by atoms with Crippen molar-refractivity contribution in [3.05, 3.63) is 11.7 Å². The summed E-state index contributed by atoms with van der Waals surface area (Å²) in [5.74, 6) is 1.63. The van der Waals surface area contributed by atoms with Gasteiger partial charge in [0.25, 0.3) is 0 Å². The molecule has 5 heteroatoms. The topological polar surface area (TPSA) is 68.0 Å². The number of carbonyl (C=O) groups excluding carboxylic acids is 1. The van der Waals surface area contributed by atoms with E-state index < -0.39 is 0 Å². The predicted molar refractivity (Wildman–Crippen MR) is 57.7 cm³/mol. The molecule has 0 unspecified atom stereocenters. The third-order valence-electron chi connectivity index (χ3n) is 2.94. The van der Waals surface area contributed by atoms with Crippen LogP contribution in [0, 0.1) is 12.8 Å². The molecule has 0 atom stereocenters. The monoisotopic (exact) mass is 223 g/mol. The Morgan fingerprint density at radius 2 is 2.25 bits per heavy atom. The van der Waals surface area contributed by atoms with Crippen LogP contribution < -0.4 is 5.32 Å². The van der Waals surface area contributed by atoms with Crippen LogP contribution in [0.1, 0.15) is 37.4 Å². The van der Waals surface area contributed by atoms with Gasteiger partial charge < -0.3 is 9.84 Å². The van der Waals surface area contributed by atoms with Crippen LogP contribution in [0.25, 0.3) is 0 Å². The Bertz CT molecular complexity index is 356. The number of hydrogen-bond acceptors (Lipinski definition) is 4. The number of nitrogens with zero attached hydrogens (tertiary/aromatic N) is 2. The Morgan fingerprint density at radius 3 is 2.88 bits per heavy atom. The molecule has 0 bridgehead atoms. The van der Waals surface area contributed by atoms with Crippen molar-refractivity contribution in [1.82, 2.24) is 15.5 Å². The molecule has 1 fully saturated rings. The van der Waals surface area contributed by atoms with E-state index in [1.807, 2.05) is 0 Å². The molecular weight excluding hydrogens is 206 g/mol. The van der Waals surface area contributed by atoms with Crippen LogP contribution in [-0.4, -0.2) is 22.6 Å². The molecule has 0 saturated heterocycles. The first-order chi connectivity index (χ1) is 7.75. The molecule has 5 nitrogen and oxygen atoms in total. The van der Waals surface area contributed by atoms with E-state index in [0.29, 0.717) is 24.7 Å². The lowest BCUT2D eigenvalue weighted by molar-refractivity contribution is -0.124. The standard InChI is InChI=1S/C11H17N3O2/c1-8-13-10(14-16-8)6-7-12-11(15)9-4-2-3-5-9/h9H,2-7H2,1H3,(H,12,15). The Labute approximate surface area is 94.6 Å². The van der Waals surface area contributed by atoms with Gasteiger partial charge in [-0.2, -0.15) is 4.98 Å². The second kappa shape index (κ2) is 5.09. The Kier molecular flexibility index (Phi) is 3.54. The van der Waals surface area contributed by atoms with Crippen molar-refractivity contribution in [2.75, 3.05) is 6.54 Å². The maximum absolute atomic E-state index is 11.7. The number of hydrogen-bond donors (Lipinski definition) is 1. The van der Waals surface area contributed by atoms with Crippen molar-refractivity contribution in [2.24, 2.45) is 5.92 Å². The fourth-order valence-corrected chi connectivity index (χ4v) is 2.07. The maximum Gasteiger partial charge on any atom is 0.223 e. The molecule has 1 amide bonds. The van der Waals surface area contributed by atoms with E-state index in [4.69, 9.17) is 4.52 Å². The van der Waals surface area contributed by atoms with Gasteiger partial charge in [0.05, 0.1) is 0 Å². The maximum atomic E-state index is 11.7. The third-order valence-corrected chi connectivity index (χ3v) is 2.94. The van der Waals surface area contributed by atoms with E-state index in [1.165, 1.54) is 12.8 Å². The van der Waals surface area contributed by atoms with E-state index >= 15 is 0 Å². The summed E-state index contributed by atoms with van der Waals surface area (Å²) in [5.41, 5.74) is 0. The van der Waals surface area contributed by atoms with Crippen LogP contribution >= 0.6 is 0 Å². The lowest BCUT2D eigenvalue weighted by Crippen LogP contribution is -2.31. The van der Waals surface area contributed by atoms with Gasteiger partial charge in [0, 0.05) is 25.8 Å².